The van der Waals surface area contributed by atoms with E-state index in [4.69, 9.17) is 9.47 Å². The summed E-state index contributed by atoms with van der Waals surface area (Å²) in [5.41, 5.74) is 2.81. The van der Waals surface area contributed by atoms with E-state index in [1.165, 1.54) is 5.56 Å². The Morgan fingerprint density at radius 3 is 2.00 bits per heavy atom. The lowest BCUT2D eigenvalue weighted by Gasteiger charge is -2.14. The van der Waals surface area contributed by atoms with Crippen LogP contribution in [0, 0.1) is 6.92 Å². The molecule has 0 aliphatic carbocycles. The highest BCUT2D eigenvalue weighted by Crippen LogP contribution is 2.32. The molecule has 0 saturated carbocycles. The van der Waals surface area contributed by atoms with Crippen molar-refractivity contribution in [3.63, 3.8) is 0 Å². The molecule has 0 amide bonds. The smallest absolute Gasteiger partial charge is 0.161 e. The maximum atomic E-state index is 10.4. The molecule has 0 heterocycles. The molecule has 0 radical (unpaired) electrons. The van der Waals surface area contributed by atoms with Crippen molar-refractivity contribution in [3.05, 3.63) is 59.2 Å². The van der Waals surface area contributed by atoms with Gasteiger partial charge in [-0.05, 0) is 30.2 Å². The summed E-state index contributed by atoms with van der Waals surface area (Å²) in [6.45, 7) is 2.02. The topological polar surface area (TPSA) is 38.7 Å². The number of hydrogen-bond donors (Lipinski definition) is 1. The Bertz CT molecular complexity index is 546. The molecule has 0 spiro atoms. The second-order valence-corrected chi connectivity index (χ2v) is 4.43. The number of methoxy groups -OCH3 is 2. The van der Waals surface area contributed by atoms with Crippen LogP contribution in [0.1, 0.15) is 22.8 Å². The summed E-state index contributed by atoms with van der Waals surface area (Å²) in [5.74, 6) is 1.27. The van der Waals surface area contributed by atoms with Gasteiger partial charge in [0.25, 0.3) is 0 Å². The zero-order valence-electron chi connectivity index (χ0n) is 11.4. The SMILES string of the molecule is COc1ccc([C@@H](O)c2ccc(C)cc2)cc1OC. The molecule has 2 aromatic carbocycles. The van der Waals surface area contributed by atoms with Crippen LogP contribution in [0.3, 0.4) is 0 Å². The van der Waals surface area contributed by atoms with Gasteiger partial charge in [-0.3, -0.25) is 0 Å². The van der Waals surface area contributed by atoms with E-state index in [1.807, 2.05) is 37.3 Å². The molecule has 2 rings (SSSR count). The van der Waals surface area contributed by atoms with Crippen LogP contribution in [-0.4, -0.2) is 19.3 Å². The molecule has 3 nitrogen and oxygen atoms in total. The quantitative estimate of drug-likeness (QED) is 0.915. The predicted octanol–water partition coefficient (Wildman–Crippen LogP) is 3.09. The normalized spacial score (nSPS) is 12.0. The van der Waals surface area contributed by atoms with Gasteiger partial charge in [0.2, 0.25) is 0 Å². The fourth-order valence-corrected chi connectivity index (χ4v) is 1.96. The van der Waals surface area contributed by atoms with E-state index in [1.54, 1.807) is 26.4 Å². The first kappa shape index (κ1) is 13.4. The summed E-state index contributed by atoms with van der Waals surface area (Å²) < 4.78 is 10.4. The lowest BCUT2D eigenvalue weighted by Crippen LogP contribution is -2.01. The summed E-state index contributed by atoms with van der Waals surface area (Å²) in [6.07, 6.45) is -0.666. The van der Waals surface area contributed by atoms with E-state index >= 15 is 0 Å². The highest BCUT2D eigenvalue weighted by molar-refractivity contribution is 5.45. The monoisotopic (exact) mass is 258 g/mol. The predicted molar refractivity (Wildman–Crippen MR) is 74.8 cm³/mol. The first-order valence-corrected chi connectivity index (χ1v) is 6.12. The molecule has 0 aliphatic heterocycles. The summed E-state index contributed by atoms with van der Waals surface area (Å²) in [4.78, 5) is 0. The zero-order chi connectivity index (χ0) is 13.8. The lowest BCUT2D eigenvalue weighted by molar-refractivity contribution is 0.219. The van der Waals surface area contributed by atoms with Crippen molar-refractivity contribution in [2.45, 2.75) is 13.0 Å². The Balaban J connectivity index is 2.33. The standard InChI is InChI=1S/C16H18O3/c1-11-4-6-12(7-5-11)16(17)13-8-9-14(18-2)15(10-13)19-3/h4-10,16-17H,1-3H3/t16-/m0/s1. The zero-order valence-corrected chi connectivity index (χ0v) is 11.4. The summed E-state index contributed by atoms with van der Waals surface area (Å²) >= 11 is 0. The van der Waals surface area contributed by atoms with Crippen LogP contribution in [0.25, 0.3) is 0 Å². The van der Waals surface area contributed by atoms with Crippen LogP contribution in [0.2, 0.25) is 0 Å². The highest BCUT2D eigenvalue weighted by Gasteiger charge is 2.13. The minimum atomic E-state index is -0.666. The average molecular weight is 258 g/mol. The van der Waals surface area contributed by atoms with Gasteiger partial charge in [0.1, 0.15) is 6.10 Å². The molecule has 0 fully saturated rings. The summed E-state index contributed by atoms with van der Waals surface area (Å²) in [5, 5.41) is 10.4. The lowest BCUT2D eigenvalue weighted by atomic mass is 10.0. The van der Waals surface area contributed by atoms with Gasteiger partial charge < -0.3 is 14.6 Å². The van der Waals surface area contributed by atoms with Crippen LogP contribution >= 0.6 is 0 Å². The van der Waals surface area contributed by atoms with Gasteiger partial charge in [-0.2, -0.15) is 0 Å². The van der Waals surface area contributed by atoms with Crippen molar-refractivity contribution in [2.24, 2.45) is 0 Å². The third-order valence-corrected chi connectivity index (χ3v) is 3.12. The molecule has 0 aromatic heterocycles. The van der Waals surface area contributed by atoms with E-state index < -0.39 is 6.10 Å². The van der Waals surface area contributed by atoms with Crippen molar-refractivity contribution in [1.82, 2.24) is 0 Å². The second kappa shape index (κ2) is 5.76. The Kier molecular flexibility index (Phi) is 4.07. The van der Waals surface area contributed by atoms with Crippen molar-refractivity contribution >= 4 is 0 Å². The molecule has 0 aliphatic rings. The molecule has 0 unspecified atom stereocenters. The first-order chi connectivity index (χ1) is 9.15. The van der Waals surface area contributed by atoms with E-state index in [-0.39, 0.29) is 0 Å². The Labute approximate surface area is 113 Å². The molecule has 19 heavy (non-hydrogen) atoms. The van der Waals surface area contributed by atoms with E-state index in [0.717, 1.165) is 11.1 Å². The number of aliphatic hydroxyl groups excluding tert-OH is 1. The van der Waals surface area contributed by atoms with Crippen LogP contribution in [0.15, 0.2) is 42.5 Å². The maximum Gasteiger partial charge on any atom is 0.161 e. The number of hydrogen-bond acceptors (Lipinski definition) is 3. The minimum absolute atomic E-state index is 0.617. The van der Waals surface area contributed by atoms with Gasteiger partial charge in [0.05, 0.1) is 14.2 Å². The fraction of sp³-hybridized carbons (Fsp3) is 0.250. The van der Waals surface area contributed by atoms with Gasteiger partial charge >= 0.3 is 0 Å². The number of aliphatic hydroxyl groups is 1. The number of benzene rings is 2. The van der Waals surface area contributed by atoms with Crippen LogP contribution in [-0.2, 0) is 0 Å². The first-order valence-electron chi connectivity index (χ1n) is 6.12. The number of ether oxygens (including phenoxy) is 2. The number of aryl methyl sites for hydroxylation is 1. The van der Waals surface area contributed by atoms with Gasteiger partial charge in [-0.15, -0.1) is 0 Å². The molecule has 1 atom stereocenters. The molecule has 0 saturated heterocycles. The van der Waals surface area contributed by atoms with Crippen LogP contribution < -0.4 is 9.47 Å². The molecule has 100 valence electrons. The maximum absolute atomic E-state index is 10.4. The van der Waals surface area contributed by atoms with E-state index in [0.29, 0.717) is 11.5 Å². The van der Waals surface area contributed by atoms with Crippen molar-refractivity contribution in [2.75, 3.05) is 14.2 Å². The Morgan fingerprint density at radius 2 is 1.42 bits per heavy atom. The van der Waals surface area contributed by atoms with Crippen molar-refractivity contribution in [3.8, 4) is 11.5 Å². The van der Waals surface area contributed by atoms with Crippen molar-refractivity contribution in [1.29, 1.82) is 0 Å². The average Bonchev–Trinajstić information content (AvgIpc) is 2.46. The van der Waals surface area contributed by atoms with Gasteiger partial charge in [-0.1, -0.05) is 35.9 Å². The summed E-state index contributed by atoms with van der Waals surface area (Å²) in [7, 11) is 3.17. The van der Waals surface area contributed by atoms with E-state index in [2.05, 4.69) is 0 Å². The Hall–Kier alpha value is -2.00. The van der Waals surface area contributed by atoms with Crippen molar-refractivity contribution < 1.29 is 14.6 Å². The van der Waals surface area contributed by atoms with E-state index in [9.17, 15) is 5.11 Å². The molecular weight excluding hydrogens is 240 g/mol. The van der Waals surface area contributed by atoms with Gasteiger partial charge in [0, 0.05) is 0 Å². The molecule has 0 bridgehead atoms. The number of rotatable bonds is 4. The minimum Gasteiger partial charge on any atom is -0.493 e. The fourth-order valence-electron chi connectivity index (χ4n) is 1.96. The van der Waals surface area contributed by atoms with Gasteiger partial charge in [-0.25, -0.2) is 0 Å². The molecule has 2 aromatic rings. The molecule has 1 N–H and O–H groups in total. The molecular formula is C16H18O3. The van der Waals surface area contributed by atoms with Gasteiger partial charge in [0.15, 0.2) is 11.5 Å². The highest BCUT2D eigenvalue weighted by atomic mass is 16.5. The third-order valence-electron chi connectivity index (χ3n) is 3.12. The third kappa shape index (κ3) is 2.88. The summed E-state index contributed by atoms with van der Waals surface area (Å²) in [6, 6.07) is 13.3. The Morgan fingerprint density at radius 1 is 0.842 bits per heavy atom. The molecule has 3 heteroatoms. The largest absolute Gasteiger partial charge is 0.493 e. The second-order valence-electron chi connectivity index (χ2n) is 4.43. The van der Waals surface area contributed by atoms with Crippen LogP contribution in [0.5, 0.6) is 11.5 Å². The van der Waals surface area contributed by atoms with Crippen LogP contribution in [0.4, 0.5) is 0 Å².